The van der Waals surface area contributed by atoms with Gasteiger partial charge in [-0.15, -0.1) is 0 Å². The molecule has 0 bridgehead atoms. The van der Waals surface area contributed by atoms with Crippen LogP contribution in [0, 0.1) is 22.7 Å². The van der Waals surface area contributed by atoms with Gasteiger partial charge in [-0.2, -0.15) is 10.5 Å². The highest BCUT2D eigenvalue weighted by Crippen LogP contribution is 2.32. The molecule has 0 aliphatic rings. The third-order valence-electron chi connectivity index (χ3n) is 1.96. The normalized spacial score (nSPS) is 9.38. The first-order chi connectivity index (χ1) is 7.85. The van der Waals surface area contributed by atoms with Gasteiger partial charge in [-0.25, -0.2) is 0 Å². The molecule has 0 aliphatic heterocycles. The second kappa shape index (κ2) is 4.57. The van der Waals surface area contributed by atoms with Crippen LogP contribution in [0.4, 0.5) is 0 Å². The summed E-state index contributed by atoms with van der Waals surface area (Å²) < 4.78 is 4.99. The molecule has 2 aromatic rings. The zero-order valence-corrected chi connectivity index (χ0v) is 8.99. The lowest BCUT2D eigenvalue weighted by Gasteiger charge is -2.00. The summed E-state index contributed by atoms with van der Waals surface area (Å²) in [5.74, 6) is 0.276. The van der Waals surface area contributed by atoms with E-state index in [1.165, 1.54) is 18.0 Å². The molecule has 0 spiro atoms. The Hall–Kier alpha value is -2.17. The Balaban J connectivity index is 2.36. The van der Waals surface area contributed by atoms with Gasteiger partial charge in [0, 0.05) is 4.90 Å². The molecule has 1 heterocycles. The van der Waals surface area contributed by atoms with Crippen molar-refractivity contribution in [2.75, 3.05) is 0 Å². The number of rotatable bonds is 2. The highest BCUT2D eigenvalue weighted by Gasteiger charge is 2.09. The Kier molecular flexibility index (Phi) is 2.95. The molecule has 16 heavy (non-hydrogen) atoms. The van der Waals surface area contributed by atoms with E-state index in [1.807, 2.05) is 24.3 Å². The number of hydrogen-bond donors (Lipinski definition) is 0. The fourth-order valence-corrected chi connectivity index (χ4v) is 2.14. The Bertz CT molecular complexity index is 590. The standard InChI is InChI=1S/C12H6N2OS/c13-7-9-3-1-2-4-11(9)16-12-5-6-15-10(12)8-14/h1-6H. The van der Waals surface area contributed by atoms with Crippen molar-refractivity contribution in [3.8, 4) is 12.1 Å². The van der Waals surface area contributed by atoms with Crippen LogP contribution in [0.15, 0.2) is 50.8 Å². The lowest BCUT2D eigenvalue weighted by atomic mass is 10.2. The maximum Gasteiger partial charge on any atom is 0.217 e. The maximum atomic E-state index is 8.92. The van der Waals surface area contributed by atoms with Crippen LogP contribution in [-0.4, -0.2) is 0 Å². The van der Waals surface area contributed by atoms with Gasteiger partial charge < -0.3 is 4.42 Å². The lowest BCUT2D eigenvalue weighted by molar-refractivity contribution is 0.546. The molecule has 0 aliphatic carbocycles. The van der Waals surface area contributed by atoms with E-state index in [-0.39, 0.29) is 5.76 Å². The molecule has 0 radical (unpaired) electrons. The SMILES string of the molecule is N#Cc1ccccc1Sc1ccoc1C#N. The summed E-state index contributed by atoms with van der Waals surface area (Å²) in [5, 5.41) is 17.7. The van der Waals surface area contributed by atoms with E-state index in [0.717, 1.165) is 9.79 Å². The van der Waals surface area contributed by atoms with Gasteiger partial charge in [0.15, 0.2) is 0 Å². The number of furan rings is 1. The van der Waals surface area contributed by atoms with Crippen molar-refractivity contribution in [3.05, 3.63) is 47.9 Å². The molecule has 0 unspecified atom stereocenters. The zero-order valence-electron chi connectivity index (χ0n) is 8.18. The summed E-state index contributed by atoms with van der Waals surface area (Å²) >= 11 is 1.36. The first-order valence-corrected chi connectivity index (χ1v) is 5.31. The third-order valence-corrected chi connectivity index (χ3v) is 3.08. The van der Waals surface area contributed by atoms with E-state index in [9.17, 15) is 0 Å². The minimum atomic E-state index is 0.276. The Morgan fingerprint density at radius 1 is 1.00 bits per heavy atom. The fourth-order valence-electron chi connectivity index (χ4n) is 1.23. The number of benzene rings is 1. The first kappa shape index (κ1) is 10.4. The summed E-state index contributed by atoms with van der Waals surface area (Å²) in [5.41, 5.74) is 0.595. The van der Waals surface area contributed by atoms with Gasteiger partial charge in [0.05, 0.1) is 16.7 Å². The molecule has 0 atom stereocenters. The number of hydrogen-bond acceptors (Lipinski definition) is 4. The van der Waals surface area contributed by atoms with Crippen molar-refractivity contribution in [2.45, 2.75) is 9.79 Å². The molecule has 0 saturated carbocycles. The van der Waals surface area contributed by atoms with E-state index < -0.39 is 0 Å². The van der Waals surface area contributed by atoms with Crippen LogP contribution in [0.1, 0.15) is 11.3 Å². The Morgan fingerprint density at radius 2 is 1.81 bits per heavy atom. The van der Waals surface area contributed by atoms with Crippen LogP contribution in [0.25, 0.3) is 0 Å². The van der Waals surface area contributed by atoms with Gasteiger partial charge in [0.25, 0.3) is 0 Å². The van der Waals surface area contributed by atoms with Crippen molar-refractivity contribution in [3.63, 3.8) is 0 Å². The summed E-state index contributed by atoms with van der Waals surface area (Å²) in [6, 6.07) is 13.0. The molecule has 0 fully saturated rings. The third kappa shape index (κ3) is 1.93. The van der Waals surface area contributed by atoms with Crippen molar-refractivity contribution < 1.29 is 4.42 Å². The monoisotopic (exact) mass is 226 g/mol. The van der Waals surface area contributed by atoms with E-state index in [2.05, 4.69) is 6.07 Å². The first-order valence-electron chi connectivity index (χ1n) is 4.49. The van der Waals surface area contributed by atoms with Crippen LogP contribution in [0.5, 0.6) is 0 Å². The average Bonchev–Trinajstić information content (AvgIpc) is 2.77. The van der Waals surface area contributed by atoms with Crippen LogP contribution < -0.4 is 0 Å². The van der Waals surface area contributed by atoms with E-state index in [0.29, 0.717) is 5.56 Å². The van der Waals surface area contributed by atoms with Crippen LogP contribution >= 0.6 is 11.8 Å². The zero-order chi connectivity index (χ0) is 11.4. The van der Waals surface area contributed by atoms with E-state index in [1.54, 1.807) is 12.1 Å². The molecule has 1 aromatic carbocycles. The summed E-state index contributed by atoms with van der Waals surface area (Å²) in [6.45, 7) is 0. The molecule has 0 amide bonds. The van der Waals surface area contributed by atoms with Gasteiger partial charge in [-0.3, -0.25) is 0 Å². The number of nitriles is 2. The molecular weight excluding hydrogens is 220 g/mol. The molecule has 0 N–H and O–H groups in total. The fraction of sp³-hybridized carbons (Fsp3) is 0. The topological polar surface area (TPSA) is 60.7 Å². The molecule has 76 valence electrons. The minimum Gasteiger partial charge on any atom is -0.453 e. The van der Waals surface area contributed by atoms with E-state index >= 15 is 0 Å². The Labute approximate surface area is 96.9 Å². The van der Waals surface area contributed by atoms with Crippen molar-refractivity contribution >= 4 is 11.8 Å². The smallest absolute Gasteiger partial charge is 0.217 e. The number of nitrogens with zero attached hydrogens (tertiary/aromatic N) is 2. The predicted molar refractivity (Wildman–Crippen MR) is 58.7 cm³/mol. The summed E-state index contributed by atoms with van der Waals surface area (Å²) in [7, 11) is 0. The second-order valence-corrected chi connectivity index (χ2v) is 4.02. The second-order valence-electron chi connectivity index (χ2n) is 2.94. The molecular formula is C12H6N2OS. The van der Waals surface area contributed by atoms with Gasteiger partial charge in [-0.05, 0) is 18.2 Å². The van der Waals surface area contributed by atoms with Crippen LogP contribution in [-0.2, 0) is 0 Å². The highest BCUT2D eigenvalue weighted by atomic mass is 32.2. The average molecular weight is 226 g/mol. The maximum absolute atomic E-state index is 8.92. The van der Waals surface area contributed by atoms with Crippen molar-refractivity contribution in [1.29, 1.82) is 10.5 Å². The molecule has 0 saturated heterocycles. The van der Waals surface area contributed by atoms with Gasteiger partial charge in [-0.1, -0.05) is 23.9 Å². The van der Waals surface area contributed by atoms with Crippen LogP contribution in [0.2, 0.25) is 0 Å². The highest BCUT2D eigenvalue weighted by molar-refractivity contribution is 7.99. The Morgan fingerprint density at radius 3 is 2.56 bits per heavy atom. The summed E-state index contributed by atoms with van der Waals surface area (Å²) in [6.07, 6.45) is 1.47. The van der Waals surface area contributed by atoms with Gasteiger partial charge in [0.1, 0.15) is 12.1 Å². The largest absolute Gasteiger partial charge is 0.453 e. The quantitative estimate of drug-likeness (QED) is 0.789. The molecule has 3 nitrogen and oxygen atoms in total. The molecule has 2 rings (SSSR count). The van der Waals surface area contributed by atoms with Gasteiger partial charge >= 0.3 is 0 Å². The van der Waals surface area contributed by atoms with Gasteiger partial charge in [0.2, 0.25) is 5.76 Å². The minimum absolute atomic E-state index is 0.276. The van der Waals surface area contributed by atoms with Crippen LogP contribution in [0.3, 0.4) is 0 Å². The predicted octanol–water partition coefficient (Wildman–Crippen LogP) is 3.17. The molecule has 4 heteroatoms. The molecule has 1 aromatic heterocycles. The van der Waals surface area contributed by atoms with E-state index in [4.69, 9.17) is 14.9 Å². The van der Waals surface area contributed by atoms with Crippen molar-refractivity contribution in [2.24, 2.45) is 0 Å². The lowest BCUT2D eigenvalue weighted by Crippen LogP contribution is -1.80. The van der Waals surface area contributed by atoms with Crippen molar-refractivity contribution in [1.82, 2.24) is 0 Å². The summed E-state index contributed by atoms with van der Waals surface area (Å²) in [4.78, 5) is 1.55.